The highest BCUT2D eigenvalue weighted by Gasteiger charge is 2.17. The Morgan fingerprint density at radius 2 is 2.25 bits per heavy atom. The molecule has 3 aromatic rings. The number of aromatic nitrogens is 5. The highest BCUT2D eigenvalue weighted by molar-refractivity contribution is 5.98. The van der Waals surface area contributed by atoms with E-state index in [0.717, 1.165) is 35.7 Å². The van der Waals surface area contributed by atoms with Gasteiger partial charge in [-0.25, -0.2) is 4.68 Å². The van der Waals surface area contributed by atoms with E-state index in [4.69, 9.17) is 4.74 Å². The minimum atomic E-state index is -0.230. The lowest BCUT2D eigenvalue weighted by Crippen LogP contribution is -2.24. The number of amides is 1. The smallest absolute Gasteiger partial charge is 0.270 e. The molecular formula is C16H16N6O2. The van der Waals surface area contributed by atoms with E-state index in [1.165, 1.54) is 0 Å². The van der Waals surface area contributed by atoms with Gasteiger partial charge in [0.25, 0.3) is 5.91 Å². The molecule has 0 atom stereocenters. The molecule has 8 nitrogen and oxygen atoms in total. The van der Waals surface area contributed by atoms with Gasteiger partial charge in [0.05, 0.1) is 25.0 Å². The zero-order valence-electron chi connectivity index (χ0n) is 12.9. The number of nitrogens with zero attached hydrogens (tertiary/aromatic N) is 4. The molecule has 0 aromatic carbocycles. The molecule has 122 valence electrons. The van der Waals surface area contributed by atoms with Gasteiger partial charge in [0.15, 0.2) is 0 Å². The number of nitrogens with one attached hydrogen (secondary N) is 2. The summed E-state index contributed by atoms with van der Waals surface area (Å²) < 4.78 is 7.35. The Kier molecular flexibility index (Phi) is 3.70. The molecule has 1 aliphatic heterocycles. The Hall–Kier alpha value is -3.16. The predicted octanol–water partition coefficient (Wildman–Crippen LogP) is 1.38. The maximum Gasteiger partial charge on any atom is 0.270 e. The number of fused-ring (bicyclic) bond motifs is 1. The number of hydrogen-bond donors (Lipinski definition) is 2. The van der Waals surface area contributed by atoms with E-state index in [-0.39, 0.29) is 5.91 Å². The monoisotopic (exact) mass is 324 g/mol. The first-order chi connectivity index (χ1) is 11.8. The molecule has 8 heteroatoms. The molecule has 0 unspecified atom stereocenters. The van der Waals surface area contributed by atoms with Gasteiger partial charge in [-0.1, -0.05) is 0 Å². The fourth-order valence-electron chi connectivity index (χ4n) is 2.67. The lowest BCUT2D eigenvalue weighted by molar-refractivity contribution is 0.0946. The fraction of sp³-hybridized carbons (Fsp3) is 0.250. The summed E-state index contributed by atoms with van der Waals surface area (Å²) in [5, 5.41) is 14.0. The van der Waals surface area contributed by atoms with Crippen molar-refractivity contribution in [2.24, 2.45) is 0 Å². The van der Waals surface area contributed by atoms with Gasteiger partial charge in [0.2, 0.25) is 5.88 Å². The van der Waals surface area contributed by atoms with E-state index in [1.807, 2.05) is 22.9 Å². The van der Waals surface area contributed by atoms with Gasteiger partial charge < -0.3 is 10.1 Å². The highest BCUT2D eigenvalue weighted by atomic mass is 16.5. The largest absolute Gasteiger partial charge is 0.478 e. The van der Waals surface area contributed by atoms with Crippen LogP contribution in [0.2, 0.25) is 0 Å². The normalized spacial score (nSPS) is 13.2. The van der Waals surface area contributed by atoms with E-state index in [9.17, 15) is 4.79 Å². The number of rotatable bonds is 4. The van der Waals surface area contributed by atoms with Crippen molar-refractivity contribution in [1.82, 2.24) is 30.3 Å². The van der Waals surface area contributed by atoms with Crippen LogP contribution in [0.1, 0.15) is 22.6 Å². The van der Waals surface area contributed by atoms with Crippen LogP contribution in [0.5, 0.6) is 5.88 Å². The zero-order valence-corrected chi connectivity index (χ0v) is 12.9. The first-order valence-corrected chi connectivity index (χ1v) is 7.73. The molecule has 0 radical (unpaired) electrons. The standard InChI is InChI=1S/C16H16N6O2/c23-16(15-13(10-19-20-15)11-2-4-17-5-3-11)18-9-12-8-14-22(21-12)6-1-7-24-14/h2-5,8,10H,1,6-7,9H2,(H,18,23)(H,19,20). The fourth-order valence-corrected chi connectivity index (χ4v) is 2.67. The second kappa shape index (κ2) is 6.15. The average molecular weight is 324 g/mol. The van der Waals surface area contributed by atoms with Crippen LogP contribution in [-0.4, -0.2) is 37.5 Å². The van der Waals surface area contributed by atoms with Gasteiger partial charge in [-0.2, -0.15) is 10.2 Å². The van der Waals surface area contributed by atoms with E-state index in [0.29, 0.717) is 18.8 Å². The number of pyridine rings is 1. The first kappa shape index (κ1) is 14.4. The molecule has 4 rings (SSSR count). The second-order valence-corrected chi connectivity index (χ2v) is 5.48. The van der Waals surface area contributed by atoms with Crippen LogP contribution in [0.3, 0.4) is 0 Å². The number of hydrogen-bond acceptors (Lipinski definition) is 5. The van der Waals surface area contributed by atoms with Crippen LogP contribution in [0.15, 0.2) is 36.8 Å². The molecule has 3 aromatic heterocycles. The number of aryl methyl sites for hydroxylation is 1. The minimum Gasteiger partial charge on any atom is -0.478 e. The Bertz CT molecular complexity index is 831. The quantitative estimate of drug-likeness (QED) is 0.755. The Balaban J connectivity index is 1.47. The predicted molar refractivity (Wildman–Crippen MR) is 85.3 cm³/mol. The lowest BCUT2D eigenvalue weighted by Gasteiger charge is -2.13. The van der Waals surface area contributed by atoms with Gasteiger partial charge in [0, 0.05) is 37.0 Å². The van der Waals surface area contributed by atoms with Crippen molar-refractivity contribution in [3.05, 3.63) is 48.2 Å². The second-order valence-electron chi connectivity index (χ2n) is 5.48. The maximum atomic E-state index is 12.5. The zero-order chi connectivity index (χ0) is 16.4. The summed E-state index contributed by atoms with van der Waals surface area (Å²) in [5.41, 5.74) is 2.81. The number of aromatic amines is 1. The molecular weight excluding hydrogens is 308 g/mol. The number of carbonyl (C=O) groups excluding carboxylic acids is 1. The maximum absolute atomic E-state index is 12.5. The Morgan fingerprint density at radius 1 is 1.38 bits per heavy atom. The van der Waals surface area contributed by atoms with Gasteiger partial charge in [-0.3, -0.25) is 14.9 Å². The van der Waals surface area contributed by atoms with E-state index >= 15 is 0 Å². The van der Waals surface area contributed by atoms with Gasteiger partial charge >= 0.3 is 0 Å². The topological polar surface area (TPSA) is 97.7 Å². The third-order valence-corrected chi connectivity index (χ3v) is 3.85. The van der Waals surface area contributed by atoms with Crippen LogP contribution in [0.25, 0.3) is 11.1 Å². The molecule has 1 aliphatic rings. The number of ether oxygens (including phenoxy) is 1. The molecule has 0 spiro atoms. The average Bonchev–Trinajstić information content (AvgIpc) is 3.27. The summed E-state index contributed by atoms with van der Waals surface area (Å²) in [6, 6.07) is 5.53. The Morgan fingerprint density at radius 3 is 3.08 bits per heavy atom. The van der Waals surface area contributed by atoms with E-state index in [2.05, 4.69) is 25.6 Å². The van der Waals surface area contributed by atoms with Gasteiger partial charge in [0.1, 0.15) is 5.69 Å². The van der Waals surface area contributed by atoms with Crippen molar-refractivity contribution < 1.29 is 9.53 Å². The lowest BCUT2D eigenvalue weighted by atomic mass is 10.1. The van der Waals surface area contributed by atoms with Crippen molar-refractivity contribution in [1.29, 1.82) is 0 Å². The van der Waals surface area contributed by atoms with E-state index in [1.54, 1.807) is 18.6 Å². The van der Waals surface area contributed by atoms with Crippen LogP contribution in [-0.2, 0) is 13.1 Å². The van der Waals surface area contributed by atoms with Crippen LogP contribution < -0.4 is 10.1 Å². The molecule has 2 N–H and O–H groups in total. The molecule has 0 bridgehead atoms. The number of carbonyl (C=O) groups is 1. The van der Waals surface area contributed by atoms with Gasteiger partial charge in [-0.05, 0) is 17.7 Å². The van der Waals surface area contributed by atoms with Crippen molar-refractivity contribution in [2.75, 3.05) is 6.61 Å². The van der Waals surface area contributed by atoms with Crippen LogP contribution in [0.4, 0.5) is 0 Å². The molecule has 0 saturated carbocycles. The summed E-state index contributed by atoms with van der Waals surface area (Å²) in [4.78, 5) is 16.4. The van der Waals surface area contributed by atoms with E-state index < -0.39 is 0 Å². The van der Waals surface area contributed by atoms with Gasteiger partial charge in [-0.15, -0.1) is 0 Å². The Labute approximate surface area is 137 Å². The molecule has 0 saturated heterocycles. The third-order valence-electron chi connectivity index (χ3n) is 3.85. The van der Waals surface area contributed by atoms with Crippen molar-refractivity contribution in [2.45, 2.75) is 19.5 Å². The van der Waals surface area contributed by atoms with Crippen LogP contribution >= 0.6 is 0 Å². The summed E-state index contributed by atoms with van der Waals surface area (Å²) in [5.74, 6) is 0.524. The molecule has 24 heavy (non-hydrogen) atoms. The molecule has 4 heterocycles. The summed E-state index contributed by atoms with van der Waals surface area (Å²) >= 11 is 0. The molecule has 0 fully saturated rings. The van der Waals surface area contributed by atoms with Crippen molar-refractivity contribution in [3.8, 4) is 17.0 Å². The summed E-state index contributed by atoms with van der Waals surface area (Å²) in [6.07, 6.45) is 5.94. The first-order valence-electron chi connectivity index (χ1n) is 7.73. The summed E-state index contributed by atoms with van der Waals surface area (Å²) in [7, 11) is 0. The minimum absolute atomic E-state index is 0.230. The SMILES string of the molecule is O=C(NCc1cc2n(n1)CCCO2)c1[nH]ncc1-c1ccncc1. The highest BCUT2D eigenvalue weighted by Crippen LogP contribution is 2.21. The third kappa shape index (κ3) is 2.73. The van der Waals surface area contributed by atoms with Crippen molar-refractivity contribution in [3.63, 3.8) is 0 Å². The molecule has 1 amide bonds. The molecule has 0 aliphatic carbocycles. The van der Waals surface area contributed by atoms with Crippen molar-refractivity contribution >= 4 is 5.91 Å². The summed E-state index contributed by atoms with van der Waals surface area (Å²) in [6.45, 7) is 1.88. The number of H-pyrrole nitrogens is 1. The van der Waals surface area contributed by atoms with Crippen LogP contribution in [0, 0.1) is 0 Å².